The predicted octanol–water partition coefficient (Wildman–Crippen LogP) is 0.988. The minimum atomic E-state index is -3.75. The van der Waals surface area contributed by atoms with Crippen LogP contribution in [0.25, 0.3) is 0 Å². The second-order valence-corrected chi connectivity index (χ2v) is 9.35. The van der Waals surface area contributed by atoms with Gasteiger partial charge in [0, 0.05) is 43.8 Å². The van der Waals surface area contributed by atoms with Gasteiger partial charge in [0.1, 0.15) is 0 Å². The molecule has 0 aromatic heterocycles. The van der Waals surface area contributed by atoms with Gasteiger partial charge < -0.3 is 15.2 Å². The van der Waals surface area contributed by atoms with E-state index in [1.807, 2.05) is 0 Å². The molecule has 26 heavy (non-hydrogen) atoms. The van der Waals surface area contributed by atoms with Crippen LogP contribution in [0.4, 0.5) is 0 Å². The number of amides is 1. The number of benzene rings is 1. The Kier molecular flexibility index (Phi) is 5.67. The van der Waals surface area contributed by atoms with Crippen LogP contribution in [-0.2, 0) is 14.8 Å². The minimum Gasteiger partial charge on any atom is -0.396 e. The molecule has 3 rings (SSSR count). The molecule has 0 bridgehead atoms. The molecule has 2 fully saturated rings. The Bertz CT molecular complexity index is 755. The fourth-order valence-electron chi connectivity index (χ4n) is 3.20. The summed E-state index contributed by atoms with van der Waals surface area (Å²) < 4.78 is 32.5. The first-order valence-electron chi connectivity index (χ1n) is 8.92. The SMILES string of the molecule is CN(CC1(CO)CCOCC1)S(=O)(=O)c1cccc(C(=O)NC2CC2)c1. The topological polar surface area (TPSA) is 95.9 Å². The number of hydrogen-bond donors (Lipinski definition) is 2. The van der Waals surface area contributed by atoms with Gasteiger partial charge >= 0.3 is 0 Å². The molecule has 1 aromatic carbocycles. The highest BCUT2D eigenvalue weighted by Crippen LogP contribution is 2.32. The smallest absolute Gasteiger partial charge is 0.251 e. The van der Waals surface area contributed by atoms with Crippen molar-refractivity contribution in [2.24, 2.45) is 5.41 Å². The molecule has 0 atom stereocenters. The van der Waals surface area contributed by atoms with E-state index in [4.69, 9.17) is 4.74 Å². The Morgan fingerprint density at radius 1 is 1.35 bits per heavy atom. The zero-order valence-corrected chi connectivity index (χ0v) is 15.8. The lowest BCUT2D eigenvalue weighted by atomic mass is 9.81. The van der Waals surface area contributed by atoms with Gasteiger partial charge in [-0.15, -0.1) is 0 Å². The molecule has 7 nitrogen and oxygen atoms in total. The molecule has 0 radical (unpaired) electrons. The molecule has 1 saturated heterocycles. The highest BCUT2D eigenvalue weighted by molar-refractivity contribution is 7.89. The largest absolute Gasteiger partial charge is 0.396 e. The van der Waals surface area contributed by atoms with E-state index in [2.05, 4.69) is 5.32 Å². The van der Waals surface area contributed by atoms with E-state index in [0.29, 0.717) is 31.6 Å². The Hall–Kier alpha value is -1.48. The normalized spacial score (nSPS) is 20.1. The first-order chi connectivity index (χ1) is 12.4. The maximum absolute atomic E-state index is 13.0. The molecule has 0 spiro atoms. The molecule has 1 aromatic rings. The predicted molar refractivity (Wildman–Crippen MR) is 96.3 cm³/mol. The van der Waals surface area contributed by atoms with E-state index in [-0.39, 0.29) is 30.0 Å². The van der Waals surface area contributed by atoms with Crippen LogP contribution in [0, 0.1) is 5.41 Å². The summed E-state index contributed by atoms with van der Waals surface area (Å²) in [4.78, 5) is 12.3. The number of nitrogens with one attached hydrogen (secondary N) is 1. The molecule has 1 amide bonds. The van der Waals surface area contributed by atoms with Crippen LogP contribution in [0.5, 0.6) is 0 Å². The van der Waals surface area contributed by atoms with Crippen LogP contribution in [0.15, 0.2) is 29.2 Å². The first kappa shape index (κ1) is 19.3. The van der Waals surface area contributed by atoms with Crippen molar-refractivity contribution in [1.82, 2.24) is 9.62 Å². The van der Waals surface area contributed by atoms with Crippen molar-refractivity contribution in [3.63, 3.8) is 0 Å². The zero-order valence-electron chi connectivity index (χ0n) is 15.0. The molecule has 144 valence electrons. The van der Waals surface area contributed by atoms with Crippen molar-refractivity contribution in [3.8, 4) is 0 Å². The van der Waals surface area contributed by atoms with Gasteiger partial charge in [0.05, 0.1) is 11.5 Å². The molecule has 1 heterocycles. The number of aliphatic hydroxyl groups is 1. The summed E-state index contributed by atoms with van der Waals surface area (Å²) in [6.07, 6.45) is 3.18. The minimum absolute atomic E-state index is 0.0833. The van der Waals surface area contributed by atoms with Gasteiger partial charge in [-0.2, -0.15) is 0 Å². The van der Waals surface area contributed by atoms with E-state index < -0.39 is 15.4 Å². The molecule has 2 aliphatic rings. The number of nitrogens with zero attached hydrogens (tertiary/aromatic N) is 1. The summed E-state index contributed by atoms with van der Waals surface area (Å²) in [6, 6.07) is 6.32. The van der Waals surface area contributed by atoms with Crippen LogP contribution >= 0.6 is 0 Å². The lowest BCUT2D eigenvalue weighted by molar-refractivity contribution is -0.0224. The number of sulfonamides is 1. The summed E-state index contributed by atoms with van der Waals surface area (Å²) in [5.74, 6) is -0.247. The van der Waals surface area contributed by atoms with E-state index in [1.165, 1.54) is 23.5 Å². The molecule has 8 heteroatoms. The number of rotatable bonds is 7. The van der Waals surface area contributed by atoms with Crippen molar-refractivity contribution in [2.45, 2.75) is 36.6 Å². The van der Waals surface area contributed by atoms with E-state index >= 15 is 0 Å². The molecular weight excluding hydrogens is 356 g/mol. The molecule has 1 saturated carbocycles. The van der Waals surface area contributed by atoms with Crippen LogP contribution in [0.1, 0.15) is 36.0 Å². The van der Waals surface area contributed by atoms with Gasteiger partial charge in [-0.25, -0.2) is 12.7 Å². The Morgan fingerprint density at radius 3 is 2.65 bits per heavy atom. The van der Waals surface area contributed by atoms with E-state index in [1.54, 1.807) is 12.1 Å². The maximum atomic E-state index is 13.0. The number of carbonyl (C=O) groups is 1. The summed E-state index contributed by atoms with van der Waals surface area (Å²) in [5, 5.41) is 12.7. The Balaban J connectivity index is 1.76. The average molecular weight is 382 g/mol. The van der Waals surface area contributed by atoms with E-state index in [9.17, 15) is 18.3 Å². The summed E-state index contributed by atoms with van der Waals surface area (Å²) in [5.41, 5.74) is -0.143. The molecule has 2 N–H and O–H groups in total. The Morgan fingerprint density at radius 2 is 2.04 bits per heavy atom. The van der Waals surface area contributed by atoms with Gasteiger partial charge in [0.15, 0.2) is 0 Å². The monoisotopic (exact) mass is 382 g/mol. The number of carbonyl (C=O) groups excluding carboxylic acids is 1. The van der Waals surface area contributed by atoms with Crippen LogP contribution < -0.4 is 5.32 Å². The van der Waals surface area contributed by atoms with Gasteiger partial charge in [0.2, 0.25) is 10.0 Å². The van der Waals surface area contributed by atoms with Crippen molar-refractivity contribution >= 4 is 15.9 Å². The van der Waals surface area contributed by atoms with Crippen molar-refractivity contribution < 1.29 is 23.1 Å². The van der Waals surface area contributed by atoms with Crippen LogP contribution in [0.3, 0.4) is 0 Å². The summed E-state index contributed by atoms with van der Waals surface area (Å²) in [7, 11) is -2.24. The summed E-state index contributed by atoms with van der Waals surface area (Å²) in [6.45, 7) is 1.17. The molecule has 1 aliphatic heterocycles. The second-order valence-electron chi connectivity index (χ2n) is 7.31. The fourth-order valence-corrected chi connectivity index (χ4v) is 4.53. The van der Waals surface area contributed by atoms with Crippen molar-refractivity contribution in [3.05, 3.63) is 29.8 Å². The highest BCUT2D eigenvalue weighted by atomic mass is 32.2. The third kappa shape index (κ3) is 4.25. The quantitative estimate of drug-likeness (QED) is 0.733. The maximum Gasteiger partial charge on any atom is 0.251 e. The van der Waals surface area contributed by atoms with Gasteiger partial charge in [-0.3, -0.25) is 4.79 Å². The average Bonchev–Trinajstić information content (AvgIpc) is 3.46. The van der Waals surface area contributed by atoms with Crippen LogP contribution in [0.2, 0.25) is 0 Å². The molecule has 0 unspecified atom stereocenters. The number of aliphatic hydroxyl groups excluding tert-OH is 1. The Labute approximate surface area is 154 Å². The summed E-state index contributed by atoms with van der Waals surface area (Å²) >= 11 is 0. The number of hydrogen-bond acceptors (Lipinski definition) is 5. The molecule has 1 aliphatic carbocycles. The lowest BCUT2D eigenvalue weighted by Gasteiger charge is -2.38. The fraction of sp³-hybridized carbons (Fsp3) is 0.611. The van der Waals surface area contributed by atoms with E-state index in [0.717, 1.165) is 12.8 Å². The zero-order chi connectivity index (χ0) is 18.8. The number of ether oxygens (including phenoxy) is 1. The highest BCUT2D eigenvalue weighted by Gasteiger charge is 2.36. The third-order valence-corrected chi connectivity index (χ3v) is 6.96. The van der Waals surface area contributed by atoms with Crippen molar-refractivity contribution in [2.75, 3.05) is 33.4 Å². The lowest BCUT2D eigenvalue weighted by Crippen LogP contribution is -2.44. The van der Waals surface area contributed by atoms with Gasteiger partial charge in [0.25, 0.3) is 5.91 Å². The van der Waals surface area contributed by atoms with Gasteiger partial charge in [-0.1, -0.05) is 6.07 Å². The molecular formula is C18H26N2O5S. The van der Waals surface area contributed by atoms with Crippen molar-refractivity contribution in [1.29, 1.82) is 0 Å². The second kappa shape index (κ2) is 7.64. The van der Waals surface area contributed by atoms with Gasteiger partial charge in [-0.05, 0) is 43.9 Å². The first-order valence-corrected chi connectivity index (χ1v) is 10.4. The van der Waals surface area contributed by atoms with Crippen LogP contribution in [-0.4, -0.2) is 63.2 Å². The third-order valence-electron chi connectivity index (χ3n) is 5.16. The standard InChI is InChI=1S/C18H26N2O5S/c1-20(12-18(13-21)7-9-25-10-8-18)26(23,24)16-4-2-3-14(11-16)17(22)19-15-5-6-15/h2-4,11,15,21H,5-10,12-13H2,1H3,(H,19,22).